The maximum absolute atomic E-state index is 12.6. The normalized spacial score (nSPS) is 14.0. The first-order chi connectivity index (χ1) is 11.3. The van der Waals surface area contributed by atoms with Gasteiger partial charge in [-0.25, -0.2) is 8.42 Å². The van der Waals surface area contributed by atoms with Crippen molar-refractivity contribution in [3.05, 3.63) is 60.2 Å². The Balaban J connectivity index is 2.22. The van der Waals surface area contributed by atoms with E-state index in [-0.39, 0.29) is 16.6 Å². The van der Waals surface area contributed by atoms with Gasteiger partial charge in [-0.1, -0.05) is 37.3 Å². The first kappa shape index (κ1) is 18.2. The van der Waals surface area contributed by atoms with E-state index in [1.54, 1.807) is 26.0 Å². The maximum atomic E-state index is 12.6. The van der Waals surface area contributed by atoms with Crippen molar-refractivity contribution in [2.45, 2.75) is 24.3 Å². The topological polar surface area (TPSA) is 72.5 Å². The van der Waals surface area contributed by atoms with E-state index >= 15 is 0 Å². The summed E-state index contributed by atoms with van der Waals surface area (Å²) in [6.07, 6.45) is 0. The number of anilines is 1. The fourth-order valence-corrected chi connectivity index (χ4v) is 3.14. The summed E-state index contributed by atoms with van der Waals surface area (Å²) in [5.41, 5.74) is 0.0968. The maximum Gasteiger partial charge on any atom is 0.260 e. The lowest BCUT2D eigenvalue weighted by Gasteiger charge is -2.27. The van der Waals surface area contributed by atoms with Crippen LogP contribution in [0.5, 0.6) is 0 Å². The van der Waals surface area contributed by atoms with Crippen molar-refractivity contribution in [2.24, 2.45) is 0 Å². The Morgan fingerprint density at radius 1 is 1.08 bits per heavy atom. The Morgan fingerprint density at radius 3 is 2.17 bits per heavy atom. The van der Waals surface area contributed by atoms with Gasteiger partial charge in [0.2, 0.25) is 0 Å². The molecule has 0 heterocycles. The molecule has 0 aliphatic carbocycles. The number of methoxy groups -OCH3 is 1. The van der Waals surface area contributed by atoms with E-state index in [4.69, 9.17) is 4.74 Å². The number of rotatable bonds is 6. The van der Waals surface area contributed by atoms with Crippen LogP contribution >= 0.6 is 0 Å². The second-order valence-electron chi connectivity index (χ2n) is 5.49. The van der Waals surface area contributed by atoms with Gasteiger partial charge in [0.1, 0.15) is 0 Å². The van der Waals surface area contributed by atoms with Gasteiger partial charge < -0.3 is 10.1 Å². The number of sulfone groups is 1. The molecule has 0 bridgehead atoms. The number of hydrogen-bond donors (Lipinski definition) is 1. The highest BCUT2D eigenvalue weighted by Crippen LogP contribution is 2.26. The Labute approximate surface area is 142 Å². The molecule has 1 amide bonds. The highest BCUT2D eigenvalue weighted by Gasteiger charge is 2.35. The fourth-order valence-electron chi connectivity index (χ4n) is 2.26. The number of ether oxygens (including phenoxy) is 1. The zero-order valence-corrected chi connectivity index (χ0v) is 14.8. The molecular formula is C18H21NO4S. The molecule has 0 aliphatic heterocycles. The van der Waals surface area contributed by atoms with Gasteiger partial charge in [0.25, 0.3) is 5.91 Å². The fraction of sp³-hybridized carbons (Fsp3) is 0.278. The summed E-state index contributed by atoms with van der Waals surface area (Å²) in [4.78, 5) is 12.9. The molecule has 0 saturated carbocycles. The number of amides is 1. The van der Waals surface area contributed by atoms with Gasteiger partial charge in [0.15, 0.2) is 15.4 Å². The molecule has 128 valence electrons. The Bertz CT molecular complexity index is 801. The molecule has 6 heteroatoms. The molecular weight excluding hydrogens is 326 g/mol. The second kappa shape index (κ2) is 7.15. The van der Waals surface area contributed by atoms with Crippen LogP contribution in [-0.2, 0) is 25.0 Å². The molecule has 24 heavy (non-hydrogen) atoms. The molecule has 0 radical (unpaired) electrons. The third-order valence-corrected chi connectivity index (χ3v) is 5.77. The lowest BCUT2D eigenvalue weighted by molar-refractivity contribution is -0.136. The zero-order valence-electron chi connectivity index (χ0n) is 13.9. The van der Waals surface area contributed by atoms with Crippen molar-refractivity contribution in [3.63, 3.8) is 0 Å². The van der Waals surface area contributed by atoms with Gasteiger partial charge in [-0.3, -0.25) is 4.79 Å². The highest BCUT2D eigenvalue weighted by atomic mass is 32.2. The van der Waals surface area contributed by atoms with E-state index in [9.17, 15) is 13.2 Å². The quantitative estimate of drug-likeness (QED) is 0.872. The van der Waals surface area contributed by atoms with Crippen LogP contribution in [0.2, 0.25) is 0 Å². The highest BCUT2D eigenvalue weighted by molar-refractivity contribution is 7.91. The van der Waals surface area contributed by atoms with E-state index in [1.807, 2.05) is 30.3 Å². The van der Waals surface area contributed by atoms with Crippen LogP contribution in [0.4, 0.5) is 5.69 Å². The standard InChI is InChI=1S/C18H21NO4S/c1-4-24(21,22)16-12-10-15(11-13-16)19-17(20)18(2,23-3)14-8-6-5-7-9-14/h5-13H,4H2,1-3H3,(H,19,20). The van der Waals surface area contributed by atoms with Crippen molar-refractivity contribution in [1.82, 2.24) is 0 Å². The molecule has 1 N–H and O–H groups in total. The molecule has 5 nitrogen and oxygen atoms in total. The van der Waals surface area contributed by atoms with E-state index in [0.29, 0.717) is 5.69 Å². The molecule has 0 fully saturated rings. The molecule has 2 aromatic rings. The van der Waals surface area contributed by atoms with Crippen LogP contribution in [0.1, 0.15) is 19.4 Å². The summed E-state index contributed by atoms with van der Waals surface area (Å²) >= 11 is 0. The molecule has 1 unspecified atom stereocenters. The van der Waals surface area contributed by atoms with E-state index in [2.05, 4.69) is 5.32 Å². The molecule has 0 spiro atoms. The zero-order chi connectivity index (χ0) is 17.8. The lowest BCUT2D eigenvalue weighted by Crippen LogP contribution is -2.39. The van der Waals surface area contributed by atoms with Crippen LogP contribution in [0.3, 0.4) is 0 Å². The van der Waals surface area contributed by atoms with Gasteiger partial charge >= 0.3 is 0 Å². The summed E-state index contributed by atoms with van der Waals surface area (Å²) in [5, 5.41) is 2.77. The number of benzene rings is 2. The lowest BCUT2D eigenvalue weighted by atomic mass is 9.94. The summed E-state index contributed by atoms with van der Waals surface area (Å²) in [7, 11) is -1.78. The molecule has 0 aromatic heterocycles. The summed E-state index contributed by atoms with van der Waals surface area (Å²) in [6, 6.07) is 15.3. The first-order valence-corrected chi connectivity index (χ1v) is 9.23. The minimum Gasteiger partial charge on any atom is -0.364 e. The number of nitrogens with one attached hydrogen (secondary N) is 1. The van der Waals surface area contributed by atoms with Crippen molar-refractivity contribution in [1.29, 1.82) is 0 Å². The van der Waals surface area contributed by atoms with Crippen molar-refractivity contribution in [3.8, 4) is 0 Å². The van der Waals surface area contributed by atoms with Gasteiger partial charge in [-0.2, -0.15) is 0 Å². The minimum absolute atomic E-state index is 0.0362. The third-order valence-electron chi connectivity index (χ3n) is 4.02. The van der Waals surface area contributed by atoms with Gasteiger partial charge in [0, 0.05) is 12.8 Å². The van der Waals surface area contributed by atoms with Gasteiger partial charge in [-0.05, 0) is 36.8 Å². The van der Waals surface area contributed by atoms with Crippen LogP contribution in [-0.4, -0.2) is 27.2 Å². The van der Waals surface area contributed by atoms with E-state index in [1.165, 1.54) is 19.2 Å². The van der Waals surface area contributed by atoms with Crippen LogP contribution in [0.25, 0.3) is 0 Å². The van der Waals surface area contributed by atoms with E-state index < -0.39 is 15.4 Å². The van der Waals surface area contributed by atoms with Gasteiger partial charge in [-0.15, -0.1) is 0 Å². The Kier molecular flexibility index (Phi) is 5.41. The monoisotopic (exact) mass is 347 g/mol. The van der Waals surface area contributed by atoms with Crippen LogP contribution < -0.4 is 5.32 Å². The van der Waals surface area contributed by atoms with Gasteiger partial charge in [0.05, 0.1) is 10.6 Å². The second-order valence-corrected chi connectivity index (χ2v) is 7.76. The number of hydrogen-bond acceptors (Lipinski definition) is 4. The van der Waals surface area contributed by atoms with Crippen molar-refractivity contribution < 1.29 is 17.9 Å². The number of carbonyl (C=O) groups excluding carboxylic acids is 1. The predicted molar refractivity (Wildman–Crippen MR) is 93.6 cm³/mol. The Morgan fingerprint density at radius 2 is 1.67 bits per heavy atom. The largest absolute Gasteiger partial charge is 0.364 e. The SMILES string of the molecule is CCS(=O)(=O)c1ccc(NC(=O)C(C)(OC)c2ccccc2)cc1. The average Bonchev–Trinajstić information content (AvgIpc) is 2.62. The molecule has 2 rings (SSSR count). The van der Waals surface area contributed by atoms with E-state index in [0.717, 1.165) is 5.56 Å². The molecule has 2 aromatic carbocycles. The molecule has 0 saturated heterocycles. The summed E-state index contributed by atoms with van der Waals surface area (Å²) < 4.78 is 29.1. The Hall–Kier alpha value is -2.18. The van der Waals surface area contributed by atoms with Crippen LogP contribution in [0, 0.1) is 0 Å². The minimum atomic E-state index is -3.26. The summed E-state index contributed by atoms with van der Waals surface area (Å²) in [6.45, 7) is 3.28. The van der Waals surface area contributed by atoms with Crippen molar-refractivity contribution >= 4 is 21.4 Å². The number of carbonyl (C=O) groups is 1. The molecule has 0 aliphatic rings. The first-order valence-electron chi connectivity index (χ1n) is 7.58. The summed E-state index contributed by atoms with van der Waals surface area (Å²) in [5.74, 6) is -0.295. The smallest absolute Gasteiger partial charge is 0.260 e. The molecule has 1 atom stereocenters. The predicted octanol–water partition coefficient (Wildman–Crippen LogP) is 2.98. The average molecular weight is 347 g/mol. The van der Waals surface area contributed by atoms with Crippen molar-refractivity contribution in [2.75, 3.05) is 18.2 Å². The van der Waals surface area contributed by atoms with Crippen LogP contribution in [0.15, 0.2) is 59.5 Å². The third kappa shape index (κ3) is 3.66.